The first-order chi connectivity index (χ1) is 7.47. The number of aromatic nitrogens is 2. The van der Waals surface area contributed by atoms with Crippen LogP contribution in [-0.2, 0) is 17.1 Å². The van der Waals surface area contributed by atoms with E-state index < -0.39 is 0 Å². The van der Waals surface area contributed by atoms with E-state index in [4.69, 9.17) is 0 Å². The summed E-state index contributed by atoms with van der Waals surface area (Å²) < 4.78 is 0. The van der Waals surface area contributed by atoms with Crippen molar-refractivity contribution in [1.29, 1.82) is 0 Å². The van der Waals surface area contributed by atoms with Gasteiger partial charge in [0.05, 0.1) is 0 Å². The topological polar surface area (TPSA) is 28.7 Å². The van der Waals surface area contributed by atoms with E-state index in [1.165, 1.54) is 5.92 Å². The normalized spacial score (nSPS) is 20.0. The Morgan fingerprint density at radius 2 is 1.38 bits per heavy atom. The van der Waals surface area contributed by atoms with Crippen LogP contribution in [0.5, 0.6) is 0 Å². The Balaban J connectivity index is 0.000000183. The summed E-state index contributed by atoms with van der Waals surface area (Å²) in [6.07, 6.45) is 19.9. The summed E-state index contributed by atoms with van der Waals surface area (Å²) in [4.78, 5) is 0. The molecular weight excluding hydrogens is 240 g/mol. The van der Waals surface area contributed by atoms with E-state index in [9.17, 15) is 0 Å². The van der Waals surface area contributed by atoms with E-state index in [1.54, 1.807) is 6.20 Å². The summed E-state index contributed by atoms with van der Waals surface area (Å²) in [5, 5.41) is 6.74. The molecule has 0 amide bonds. The number of nitrogens with zero attached hydrogens (tertiary/aromatic N) is 1. The molecule has 3 rings (SSSR count). The number of nitrogens with one attached hydrogen (secondary N) is 1. The van der Waals surface area contributed by atoms with E-state index in [-0.39, 0.29) is 17.1 Å². The first kappa shape index (κ1) is 13.8. The second-order valence-corrected chi connectivity index (χ2v) is 3.11. The van der Waals surface area contributed by atoms with Gasteiger partial charge in [0, 0.05) is 17.8 Å². The molecule has 1 N–H and O–H groups in total. The molecule has 0 unspecified atom stereocenters. The van der Waals surface area contributed by atoms with Crippen LogP contribution in [0.3, 0.4) is 0 Å². The van der Waals surface area contributed by atoms with Gasteiger partial charge in [-0.05, 0) is 63.9 Å². The average Bonchev–Trinajstić information content (AvgIpc) is 3.06. The Kier molecular flexibility index (Phi) is 6.82. The summed E-state index contributed by atoms with van der Waals surface area (Å²) in [5.74, 6) is 1.19. The maximum absolute atomic E-state index is 3.85. The Labute approximate surface area is 109 Å². The summed E-state index contributed by atoms with van der Waals surface area (Å²) in [7, 11) is 0. The fourth-order valence-corrected chi connectivity index (χ4v) is 1.29. The van der Waals surface area contributed by atoms with Crippen molar-refractivity contribution >= 4 is 0 Å². The molecule has 0 bridgehead atoms. The molecule has 0 spiro atoms. The largest absolute Gasteiger partial charge is 2.00 e. The number of rotatable bonds is 1. The fourth-order valence-electron chi connectivity index (χ4n) is 1.29. The van der Waals surface area contributed by atoms with Crippen LogP contribution >= 0.6 is 0 Å². The maximum atomic E-state index is 3.85. The molecule has 10 radical (unpaired) electrons. The molecule has 3 heteroatoms. The molecule has 2 aliphatic carbocycles. The Bertz CT molecular complexity index is 241. The monoisotopic (exact) mass is 252 g/mol. The maximum Gasteiger partial charge on any atom is 2.00 e. The molecule has 80 valence electrons. The molecule has 1 heterocycles. The van der Waals surface area contributed by atoms with Crippen LogP contribution in [0.4, 0.5) is 0 Å². The number of aromatic amines is 1. The molecule has 1 aromatic rings. The average molecular weight is 252 g/mol. The minimum Gasteiger partial charge on any atom is -0.282 e. The van der Waals surface area contributed by atoms with Gasteiger partial charge in [-0.15, -0.1) is 0 Å². The van der Waals surface area contributed by atoms with E-state index in [0.29, 0.717) is 0 Å². The van der Waals surface area contributed by atoms with Crippen molar-refractivity contribution in [2.24, 2.45) is 0 Å². The predicted octanol–water partition coefficient (Wildman–Crippen LogP) is 2.18. The molecule has 0 saturated heterocycles. The number of hydrogen-bond acceptors (Lipinski definition) is 1. The van der Waals surface area contributed by atoms with E-state index in [0.717, 1.165) is 5.69 Å². The van der Waals surface area contributed by atoms with Crippen molar-refractivity contribution in [3.63, 3.8) is 0 Å². The van der Waals surface area contributed by atoms with Gasteiger partial charge in [-0.2, -0.15) is 5.10 Å². The summed E-state index contributed by atoms with van der Waals surface area (Å²) in [6, 6.07) is 1.95. The van der Waals surface area contributed by atoms with Gasteiger partial charge in [0.1, 0.15) is 0 Å². The number of hydrogen-bond donors (Lipinski definition) is 1. The van der Waals surface area contributed by atoms with Gasteiger partial charge in [0.15, 0.2) is 0 Å². The SMILES string of the molecule is [CH]1[CH][CH][CH][CH]1.[CH]1[CH][CH][C](c2ccn[nH]2)[CH]1.[Fe+2]. The molecule has 2 aliphatic rings. The van der Waals surface area contributed by atoms with Gasteiger partial charge in [-0.1, -0.05) is 0 Å². The molecule has 0 atom stereocenters. The first-order valence-electron chi connectivity index (χ1n) is 4.85. The number of H-pyrrole nitrogens is 1. The van der Waals surface area contributed by atoms with Crippen LogP contribution in [-0.4, -0.2) is 10.2 Å². The van der Waals surface area contributed by atoms with Crippen molar-refractivity contribution in [3.8, 4) is 0 Å². The van der Waals surface area contributed by atoms with Crippen LogP contribution in [0.15, 0.2) is 12.3 Å². The van der Waals surface area contributed by atoms with Crippen LogP contribution in [0.1, 0.15) is 5.69 Å². The van der Waals surface area contributed by atoms with Gasteiger partial charge in [-0.3, -0.25) is 5.10 Å². The van der Waals surface area contributed by atoms with Crippen molar-refractivity contribution in [1.82, 2.24) is 10.2 Å². The predicted molar refractivity (Wildman–Crippen MR) is 59.6 cm³/mol. The molecule has 1 aromatic heterocycles. The van der Waals surface area contributed by atoms with Crippen LogP contribution < -0.4 is 0 Å². The smallest absolute Gasteiger partial charge is 0.282 e. The molecule has 2 nitrogen and oxygen atoms in total. The van der Waals surface area contributed by atoms with Gasteiger partial charge < -0.3 is 0 Å². The zero-order chi connectivity index (χ0) is 10.3. The van der Waals surface area contributed by atoms with Crippen molar-refractivity contribution < 1.29 is 17.1 Å². The Hall–Kier alpha value is -0.271. The third kappa shape index (κ3) is 4.31. The molecule has 2 fully saturated rings. The van der Waals surface area contributed by atoms with Crippen LogP contribution in [0, 0.1) is 63.7 Å². The minimum absolute atomic E-state index is 0. The van der Waals surface area contributed by atoms with Crippen molar-refractivity contribution in [3.05, 3.63) is 81.7 Å². The van der Waals surface area contributed by atoms with E-state index in [1.807, 2.05) is 63.9 Å². The fraction of sp³-hybridized carbons (Fsp3) is 0. The third-order valence-electron chi connectivity index (χ3n) is 2.03. The molecule has 16 heavy (non-hydrogen) atoms. The van der Waals surface area contributed by atoms with E-state index in [2.05, 4.69) is 10.2 Å². The summed E-state index contributed by atoms with van der Waals surface area (Å²) >= 11 is 0. The van der Waals surface area contributed by atoms with Crippen molar-refractivity contribution in [2.45, 2.75) is 0 Å². The zero-order valence-corrected chi connectivity index (χ0v) is 9.76. The Morgan fingerprint density at radius 3 is 1.81 bits per heavy atom. The summed E-state index contributed by atoms with van der Waals surface area (Å²) in [5.41, 5.74) is 1.07. The second kappa shape index (κ2) is 7.91. The molecule has 0 aromatic carbocycles. The van der Waals surface area contributed by atoms with Gasteiger partial charge >= 0.3 is 17.1 Å². The summed E-state index contributed by atoms with van der Waals surface area (Å²) in [6.45, 7) is 0. The molecular formula is C13H12FeN2+2. The van der Waals surface area contributed by atoms with Gasteiger partial charge in [-0.25, -0.2) is 0 Å². The Morgan fingerprint density at radius 1 is 0.812 bits per heavy atom. The molecule has 2 saturated carbocycles. The van der Waals surface area contributed by atoms with E-state index >= 15 is 0 Å². The quantitative estimate of drug-likeness (QED) is 0.762. The van der Waals surface area contributed by atoms with Crippen LogP contribution in [0.2, 0.25) is 0 Å². The van der Waals surface area contributed by atoms with Crippen LogP contribution in [0.25, 0.3) is 0 Å². The third-order valence-corrected chi connectivity index (χ3v) is 2.03. The second-order valence-electron chi connectivity index (χ2n) is 3.11. The van der Waals surface area contributed by atoms with Gasteiger partial charge in [0.2, 0.25) is 0 Å². The first-order valence-corrected chi connectivity index (χ1v) is 4.85. The van der Waals surface area contributed by atoms with Gasteiger partial charge in [0.25, 0.3) is 0 Å². The zero-order valence-electron chi connectivity index (χ0n) is 8.65. The minimum atomic E-state index is 0. The standard InChI is InChI=1S/C8H7N2.C5H5.Fe/c1-2-4-7(3-1)8-5-6-9-10-8;1-2-4-5-3-1;/h1-6H,(H,9,10);1-5H;/q;;+2. The molecule has 0 aliphatic heterocycles. The van der Waals surface area contributed by atoms with Crippen molar-refractivity contribution in [2.75, 3.05) is 0 Å².